The van der Waals surface area contributed by atoms with Crippen molar-refractivity contribution in [1.29, 1.82) is 0 Å². The molecule has 28 heavy (non-hydrogen) atoms. The number of benzene rings is 2. The summed E-state index contributed by atoms with van der Waals surface area (Å²) in [5.41, 5.74) is 1.36. The highest BCUT2D eigenvalue weighted by Crippen LogP contribution is 2.48. The summed E-state index contributed by atoms with van der Waals surface area (Å²) in [6.45, 7) is 1.31. The van der Waals surface area contributed by atoms with Crippen LogP contribution in [0.4, 0.5) is 0 Å². The number of hydrogen-bond donors (Lipinski definition) is 2. The first-order valence-electron chi connectivity index (χ1n) is 9.44. The minimum atomic E-state index is -3.24. The maximum Gasteiger partial charge on any atom is 0.191 e. The number of nitrogens with zero attached hydrogens (tertiary/aromatic N) is 1. The Morgan fingerprint density at radius 2 is 1.86 bits per heavy atom. The molecule has 0 radical (unpaired) electrons. The molecule has 1 saturated carbocycles. The lowest BCUT2D eigenvalue weighted by Crippen LogP contribution is -2.41. The third-order valence-electron chi connectivity index (χ3n) is 5.09. The molecule has 0 bridgehead atoms. The Labute approximate surface area is 172 Å². The van der Waals surface area contributed by atoms with Gasteiger partial charge in [-0.05, 0) is 49.1 Å². The van der Waals surface area contributed by atoms with E-state index in [9.17, 15) is 8.42 Å². The third-order valence-corrected chi connectivity index (χ3v) is 7.14. The van der Waals surface area contributed by atoms with Crippen molar-refractivity contribution in [2.75, 3.05) is 25.9 Å². The molecule has 5 nitrogen and oxygen atoms in total. The molecule has 1 aliphatic carbocycles. The maximum absolute atomic E-state index is 12.3. The Morgan fingerprint density at radius 1 is 1.11 bits per heavy atom. The summed E-state index contributed by atoms with van der Waals surface area (Å²) in [5.74, 6) is 0.790. The fourth-order valence-electron chi connectivity index (χ4n) is 3.22. The van der Waals surface area contributed by atoms with Crippen molar-refractivity contribution in [3.8, 4) is 0 Å². The smallest absolute Gasteiger partial charge is 0.191 e. The van der Waals surface area contributed by atoms with Crippen molar-refractivity contribution in [2.45, 2.75) is 29.6 Å². The van der Waals surface area contributed by atoms with Gasteiger partial charge in [0.1, 0.15) is 0 Å². The van der Waals surface area contributed by atoms with Crippen LogP contribution >= 0.6 is 11.6 Å². The van der Waals surface area contributed by atoms with Gasteiger partial charge >= 0.3 is 0 Å². The van der Waals surface area contributed by atoms with Crippen molar-refractivity contribution in [1.82, 2.24) is 10.6 Å². The van der Waals surface area contributed by atoms with Crippen molar-refractivity contribution in [2.24, 2.45) is 4.99 Å². The van der Waals surface area contributed by atoms with Gasteiger partial charge in [0, 0.05) is 30.6 Å². The van der Waals surface area contributed by atoms with Crippen LogP contribution in [0.1, 0.15) is 24.8 Å². The first-order chi connectivity index (χ1) is 13.5. The number of nitrogens with one attached hydrogen (secondary N) is 2. The van der Waals surface area contributed by atoms with E-state index in [0.29, 0.717) is 23.8 Å². The Kier molecular flexibility index (Phi) is 6.62. The predicted molar refractivity (Wildman–Crippen MR) is 115 cm³/mol. The highest BCUT2D eigenvalue weighted by atomic mass is 35.5. The minimum Gasteiger partial charge on any atom is -0.356 e. The van der Waals surface area contributed by atoms with Gasteiger partial charge in [0.2, 0.25) is 0 Å². The zero-order chi connectivity index (χ0) is 20.0. The number of rotatable bonds is 8. The van der Waals surface area contributed by atoms with E-state index in [0.717, 1.165) is 24.4 Å². The molecule has 0 aromatic heterocycles. The Bertz CT molecular complexity index is 926. The molecule has 0 amide bonds. The number of hydrogen-bond acceptors (Lipinski definition) is 3. The number of guanidine groups is 1. The monoisotopic (exact) mass is 419 g/mol. The van der Waals surface area contributed by atoms with E-state index in [4.69, 9.17) is 11.6 Å². The summed E-state index contributed by atoms with van der Waals surface area (Å²) in [6, 6.07) is 16.6. The first-order valence-corrected chi connectivity index (χ1v) is 11.5. The largest absolute Gasteiger partial charge is 0.356 e. The molecule has 0 atom stereocenters. The molecule has 0 saturated heterocycles. The number of sulfone groups is 1. The Hall–Kier alpha value is -2.05. The van der Waals surface area contributed by atoms with Crippen molar-refractivity contribution >= 4 is 27.4 Å². The molecule has 150 valence electrons. The zero-order valence-corrected chi connectivity index (χ0v) is 17.6. The molecule has 1 aliphatic rings. The quantitative estimate of drug-likeness (QED) is 0.391. The molecule has 3 rings (SSSR count). The highest BCUT2D eigenvalue weighted by molar-refractivity contribution is 7.91. The fourth-order valence-corrected chi connectivity index (χ4v) is 4.75. The summed E-state index contributed by atoms with van der Waals surface area (Å²) in [5, 5.41) is 7.33. The predicted octanol–water partition coefficient (Wildman–Crippen LogP) is 3.40. The Balaban J connectivity index is 1.46. The van der Waals surface area contributed by atoms with E-state index in [-0.39, 0.29) is 11.2 Å². The molecule has 0 spiro atoms. The minimum absolute atomic E-state index is 0.105. The van der Waals surface area contributed by atoms with Gasteiger partial charge < -0.3 is 10.6 Å². The van der Waals surface area contributed by atoms with Gasteiger partial charge in [0.05, 0.1) is 10.6 Å². The molecular formula is C21H26ClN3O2S. The second kappa shape index (κ2) is 8.97. The van der Waals surface area contributed by atoms with Crippen LogP contribution in [0.3, 0.4) is 0 Å². The average molecular weight is 420 g/mol. The average Bonchev–Trinajstić information content (AvgIpc) is 3.49. The molecule has 7 heteroatoms. The molecular weight excluding hydrogens is 394 g/mol. The van der Waals surface area contributed by atoms with Crippen LogP contribution in [0, 0.1) is 0 Å². The lowest BCUT2D eigenvalue weighted by Gasteiger charge is -2.19. The van der Waals surface area contributed by atoms with Crippen molar-refractivity contribution in [3.05, 3.63) is 65.2 Å². The molecule has 2 aromatic rings. The van der Waals surface area contributed by atoms with Gasteiger partial charge in [-0.25, -0.2) is 8.42 Å². The van der Waals surface area contributed by atoms with Gasteiger partial charge in [-0.3, -0.25) is 4.99 Å². The summed E-state index contributed by atoms with van der Waals surface area (Å²) in [7, 11) is -1.53. The summed E-state index contributed by atoms with van der Waals surface area (Å²) in [4.78, 5) is 4.61. The highest BCUT2D eigenvalue weighted by Gasteiger charge is 2.44. The lowest BCUT2D eigenvalue weighted by molar-refractivity contribution is 0.592. The second-order valence-corrected chi connectivity index (χ2v) is 9.67. The van der Waals surface area contributed by atoms with Crippen LogP contribution in [0.15, 0.2) is 64.5 Å². The second-order valence-electron chi connectivity index (χ2n) is 7.13. The van der Waals surface area contributed by atoms with E-state index in [1.807, 2.05) is 24.3 Å². The number of aliphatic imine (C=N–C) groups is 1. The van der Waals surface area contributed by atoms with Crippen molar-refractivity contribution < 1.29 is 8.42 Å². The van der Waals surface area contributed by atoms with E-state index in [2.05, 4.69) is 21.7 Å². The Morgan fingerprint density at radius 3 is 2.50 bits per heavy atom. The maximum atomic E-state index is 12.3. The summed E-state index contributed by atoms with van der Waals surface area (Å²) < 4.78 is 24.6. The van der Waals surface area contributed by atoms with Crippen LogP contribution in [-0.2, 0) is 15.3 Å². The topological polar surface area (TPSA) is 70.6 Å². The van der Waals surface area contributed by atoms with Crippen LogP contribution < -0.4 is 10.6 Å². The molecule has 0 aliphatic heterocycles. The normalized spacial score (nSPS) is 15.9. The summed E-state index contributed by atoms with van der Waals surface area (Å²) in [6.07, 6.45) is 2.75. The van der Waals surface area contributed by atoms with Crippen molar-refractivity contribution in [3.63, 3.8) is 0 Å². The van der Waals surface area contributed by atoms with Gasteiger partial charge in [-0.1, -0.05) is 41.9 Å². The van der Waals surface area contributed by atoms with E-state index in [1.165, 1.54) is 5.56 Å². The third kappa shape index (κ3) is 5.26. The molecule has 2 N–H and O–H groups in total. The molecule has 0 heterocycles. The van der Waals surface area contributed by atoms with Gasteiger partial charge in [-0.2, -0.15) is 0 Å². The van der Waals surface area contributed by atoms with Crippen LogP contribution in [0.5, 0.6) is 0 Å². The first kappa shape index (κ1) is 20.7. The van der Waals surface area contributed by atoms with Crippen LogP contribution in [-0.4, -0.2) is 40.3 Å². The molecule has 0 unspecified atom stereocenters. The van der Waals surface area contributed by atoms with E-state index >= 15 is 0 Å². The van der Waals surface area contributed by atoms with Gasteiger partial charge in [-0.15, -0.1) is 0 Å². The SMILES string of the molecule is CN=C(NCCCS(=O)(=O)c1ccccc1)NCC1(c2cccc(Cl)c2)CC1. The van der Waals surface area contributed by atoms with E-state index < -0.39 is 9.84 Å². The van der Waals surface area contributed by atoms with Crippen LogP contribution in [0.25, 0.3) is 0 Å². The van der Waals surface area contributed by atoms with Gasteiger partial charge in [0.15, 0.2) is 15.8 Å². The molecule has 1 fully saturated rings. The lowest BCUT2D eigenvalue weighted by atomic mass is 9.96. The standard InChI is InChI=1S/C21H26ClN3O2S/c1-23-20(24-13-6-14-28(26,27)19-9-3-2-4-10-19)25-16-21(11-12-21)17-7-5-8-18(22)15-17/h2-5,7-10,15H,6,11-14,16H2,1H3,(H2,23,24,25). The molecule has 2 aromatic carbocycles. The van der Waals surface area contributed by atoms with Crippen LogP contribution in [0.2, 0.25) is 5.02 Å². The fraction of sp³-hybridized carbons (Fsp3) is 0.381. The van der Waals surface area contributed by atoms with Gasteiger partial charge in [0.25, 0.3) is 0 Å². The summed E-state index contributed by atoms with van der Waals surface area (Å²) >= 11 is 6.13. The zero-order valence-electron chi connectivity index (χ0n) is 16.0. The number of halogens is 1. The van der Waals surface area contributed by atoms with E-state index in [1.54, 1.807) is 31.3 Å².